The van der Waals surface area contributed by atoms with Crippen molar-refractivity contribution in [3.63, 3.8) is 0 Å². The molecule has 1 unspecified atom stereocenters. The highest BCUT2D eigenvalue weighted by Crippen LogP contribution is 2.28. The van der Waals surface area contributed by atoms with Crippen LogP contribution in [0.2, 0.25) is 0 Å². The van der Waals surface area contributed by atoms with Gasteiger partial charge in [0.05, 0.1) is 7.11 Å². The first-order chi connectivity index (χ1) is 13.0. The third kappa shape index (κ3) is 5.64. The van der Waals surface area contributed by atoms with E-state index in [0.29, 0.717) is 12.5 Å². The van der Waals surface area contributed by atoms with Crippen LogP contribution in [0.4, 0.5) is 0 Å². The Bertz CT molecular complexity index is 782. The SMILES string of the molecule is CCC(C)NC(=NCC(=O)N(C)C)NCCc1c[nH]c2cccc(OC)c12. The molecule has 3 N–H and O–H groups in total. The Morgan fingerprint density at radius 1 is 1.37 bits per heavy atom. The summed E-state index contributed by atoms with van der Waals surface area (Å²) >= 11 is 0. The van der Waals surface area contributed by atoms with Crippen molar-refractivity contribution >= 4 is 22.8 Å². The average molecular weight is 374 g/mol. The van der Waals surface area contributed by atoms with Crippen molar-refractivity contribution in [3.05, 3.63) is 30.0 Å². The summed E-state index contributed by atoms with van der Waals surface area (Å²) in [5.41, 5.74) is 2.25. The van der Waals surface area contributed by atoms with E-state index in [2.05, 4.69) is 34.5 Å². The molecule has 7 heteroatoms. The van der Waals surface area contributed by atoms with Crippen molar-refractivity contribution in [2.75, 3.05) is 34.3 Å². The number of fused-ring (bicyclic) bond motifs is 1. The van der Waals surface area contributed by atoms with Crippen molar-refractivity contribution in [1.29, 1.82) is 0 Å². The van der Waals surface area contributed by atoms with Crippen molar-refractivity contribution in [3.8, 4) is 5.75 Å². The molecule has 0 saturated heterocycles. The van der Waals surface area contributed by atoms with Crippen molar-refractivity contribution < 1.29 is 9.53 Å². The quantitative estimate of drug-likeness (QED) is 0.489. The van der Waals surface area contributed by atoms with Crippen molar-refractivity contribution in [2.24, 2.45) is 4.99 Å². The lowest BCUT2D eigenvalue weighted by molar-refractivity contribution is -0.127. The van der Waals surface area contributed by atoms with E-state index in [1.165, 1.54) is 5.56 Å². The molecule has 2 rings (SSSR count). The second-order valence-corrected chi connectivity index (χ2v) is 6.78. The molecule has 1 atom stereocenters. The van der Waals surface area contributed by atoms with Gasteiger partial charge < -0.3 is 25.3 Å². The number of nitrogens with zero attached hydrogens (tertiary/aromatic N) is 2. The first kappa shape index (κ1) is 20.6. The minimum absolute atomic E-state index is 0.0263. The molecular formula is C20H31N5O2. The summed E-state index contributed by atoms with van der Waals surface area (Å²) in [6.45, 7) is 5.02. The van der Waals surface area contributed by atoms with Crippen LogP contribution < -0.4 is 15.4 Å². The predicted octanol–water partition coefficient (Wildman–Crippen LogP) is 2.14. The van der Waals surface area contributed by atoms with E-state index in [4.69, 9.17) is 4.74 Å². The number of carbonyl (C=O) groups excluding carboxylic acids is 1. The molecule has 148 valence electrons. The Hall–Kier alpha value is -2.70. The van der Waals surface area contributed by atoms with Gasteiger partial charge in [-0.3, -0.25) is 4.79 Å². The Labute approximate surface area is 161 Å². The lowest BCUT2D eigenvalue weighted by Crippen LogP contribution is -2.43. The fourth-order valence-electron chi connectivity index (χ4n) is 2.68. The maximum atomic E-state index is 11.8. The van der Waals surface area contributed by atoms with Gasteiger partial charge in [-0.2, -0.15) is 0 Å². The molecule has 0 fully saturated rings. The van der Waals surface area contributed by atoms with E-state index < -0.39 is 0 Å². The van der Waals surface area contributed by atoms with Crippen LogP contribution in [0.15, 0.2) is 29.4 Å². The first-order valence-electron chi connectivity index (χ1n) is 9.34. The summed E-state index contributed by atoms with van der Waals surface area (Å²) in [5, 5.41) is 7.78. The van der Waals surface area contributed by atoms with Gasteiger partial charge in [-0.15, -0.1) is 0 Å². The van der Waals surface area contributed by atoms with Crippen LogP contribution in [0.3, 0.4) is 0 Å². The number of hydrogen-bond acceptors (Lipinski definition) is 3. The summed E-state index contributed by atoms with van der Waals surface area (Å²) in [5.74, 6) is 1.50. The number of rotatable bonds is 8. The second-order valence-electron chi connectivity index (χ2n) is 6.78. The molecule has 2 aromatic rings. The number of likely N-dealkylation sites (N-methyl/N-ethyl adjacent to an activating group) is 1. The number of methoxy groups -OCH3 is 1. The number of aromatic nitrogens is 1. The van der Waals surface area contributed by atoms with Crippen LogP contribution in [0, 0.1) is 0 Å². The normalized spacial score (nSPS) is 12.7. The molecule has 0 spiro atoms. The summed E-state index contributed by atoms with van der Waals surface area (Å²) in [4.78, 5) is 21.1. The number of aromatic amines is 1. The molecule has 0 bridgehead atoms. The highest BCUT2D eigenvalue weighted by atomic mass is 16.5. The molecule has 1 heterocycles. The Kier molecular flexibility index (Phi) is 7.52. The van der Waals surface area contributed by atoms with Crippen LogP contribution in [0.25, 0.3) is 10.9 Å². The van der Waals surface area contributed by atoms with Gasteiger partial charge in [0.2, 0.25) is 5.91 Å². The largest absolute Gasteiger partial charge is 0.496 e. The molecule has 0 aliphatic rings. The molecule has 7 nitrogen and oxygen atoms in total. The lowest BCUT2D eigenvalue weighted by atomic mass is 10.1. The Balaban J connectivity index is 2.04. The van der Waals surface area contributed by atoms with E-state index in [1.54, 1.807) is 26.1 Å². The van der Waals surface area contributed by atoms with Gasteiger partial charge >= 0.3 is 0 Å². The number of guanidine groups is 1. The average Bonchev–Trinajstić information content (AvgIpc) is 3.08. The number of H-pyrrole nitrogens is 1. The molecule has 0 radical (unpaired) electrons. The molecule has 0 aliphatic heterocycles. The zero-order valence-electron chi connectivity index (χ0n) is 16.9. The molecule has 1 aromatic heterocycles. The second kappa shape index (κ2) is 9.85. The number of nitrogens with one attached hydrogen (secondary N) is 3. The number of ether oxygens (including phenoxy) is 1. The van der Waals surface area contributed by atoms with Crippen LogP contribution >= 0.6 is 0 Å². The number of carbonyl (C=O) groups is 1. The summed E-state index contributed by atoms with van der Waals surface area (Å²) in [6.07, 6.45) is 3.80. The summed E-state index contributed by atoms with van der Waals surface area (Å²) in [7, 11) is 5.15. The van der Waals surface area contributed by atoms with Gasteiger partial charge in [-0.1, -0.05) is 13.0 Å². The van der Waals surface area contributed by atoms with Gasteiger partial charge in [0.1, 0.15) is 12.3 Å². The van der Waals surface area contributed by atoms with Crippen LogP contribution in [-0.4, -0.2) is 62.1 Å². The van der Waals surface area contributed by atoms with E-state index in [9.17, 15) is 4.79 Å². The number of amides is 1. The van der Waals surface area contributed by atoms with Gasteiger partial charge in [-0.25, -0.2) is 4.99 Å². The first-order valence-corrected chi connectivity index (χ1v) is 9.34. The molecule has 0 saturated carbocycles. The van der Waals surface area contributed by atoms with Gasteiger partial charge in [0, 0.05) is 43.8 Å². The minimum Gasteiger partial charge on any atom is -0.496 e. The van der Waals surface area contributed by atoms with Crippen LogP contribution in [0.1, 0.15) is 25.8 Å². The van der Waals surface area contributed by atoms with Crippen molar-refractivity contribution in [2.45, 2.75) is 32.7 Å². The van der Waals surface area contributed by atoms with Crippen LogP contribution in [-0.2, 0) is 11.2 Å². The maximum Gasteiger partial charge on any atom is 0.243 e. The fourth-order valence-corrected chi connectivity index (χ4v) is 2.68. The van der Waals surface area contributed by atoms with Crippen LogP contribution in [0.5, 0.6) is 5.75 Å². The number of aliphatic imine (C=N–C) groups is 1. The lowest BCUT2D eigenvalue weighted by Gasteiger charge is -2.17. The summed E-state index contributed by atoms with van der Waals surface area (Å²) in [6, 6.07) is 6.26. The monoisotopic (exact) mass is 373 g/mol. The number of benzene rings is 1. The molecular weight excluding hydrogens is 342 g/mol. The summed E-state index contributed by atoms with van der Waals surface area (Å²) < 4.78 is 5.49. The highest BCUT2D eigenvalue weighted by Gasteiger charge is 2.10. The molecule has 1 aromatic carbocycles. The molecule has 0 aliphatic carbocycles. The van der Waals surface area contributed by atoms with E-state index in [1.807, 2.05) is 24.4 Å². The third-order valence-electron chi connectivity index (χ3n) is 4.52. The van der Waals surface area contributed by atoms with Gasteiger partial charge in [0.15, 0.2) is 5.96 Å². The predicted molar refractivity (Wildman–Crippen MR) is 110 cm³/mol. The zero-order valence-corrected chi connectivity index (χ0v) is 16.9. The molecule has 1 amide bonds. The minimum atomic E-state index is -0.0263. The Morgan fingerprint density at radius 2 is 2.15 bits per heavy atom. The van der Waals surface area contributed by atoms with Gasteiger partial charge in [-0.05, 0) is 37.5 Å². The smallest absolute Gasteiger partial charge is 0.243 e. The van der Waals surface area contributed by atoms with Gasteiger partial charge in [0.25, 0.3) is 0 Å². The van der Waals surface area contributed by atoms with E-state index in [-0.39, 0.29) is 18.5 Å². The maximum absolute atomic E-state index is 11.8. The van der Waals surface area contributed by atoms with Crippen molar-refractivity contribution in [1.82, 2.24) is 20.5 Å². The third-order valence-corrected chi connectivity index (χ3v) is 4.52. The topological polar surface area (TPSA) is 81.8 Å². The fraction of sp³-hybridized carbons (Fsp3) is 0.500. The highest BCUT2D eigenvalue weighted by molar-refractivity contribution is 5.89. The van der Waals surface area contributed by atoms with E-state index >= 15 is 0 Å². The number of hydrogen-bond donors (Lipinski definition) is 3. The zero-order chi connectivity index (χ0) is 19.8. The standard InChI is InChI=1S/C20H31N5O2/c1-6-14(2)24-20(23-13-18(26)25(3)4)21-11-10-15-12-22-16-8-7-9-17(27-5)19(15)16/h7-9,12,14,22H,6,10-11,13H2,1-5H3,(H2,21,23,24). The Morgan fingerprint density at radius 3 is 2.81 bits per heavy atom. The van der Waals surface area contributed by atoms with E-state index in [0.717, 1.165) is 29.5 Å². The molecule has 27 heavy (non-hydrogen) atoms.